The van der Waals surface area contributed by atoms with Gasteiger partial charge in [0.1, 0.15) is 5.75 Å². The largest absolute Gasteiger partial charge is 0.483 e. The molecule has 3 aromatic rings. The third-order valence-electron chi connectivity index (χ3n) is 5.23. The number of nitro groups is 1. The fourth-order valence-electron chi connectivity index (χ4n) is 3.42. The third kappa shape index (κ3) is 8.06. The molecule has 3 rings (SSSR count). The van der Waals surface area contributed by atoms with Gasteiger partial charge in [-0.1, -0.05) is 24.3 Å². The molecule has 0 aromatic heterocycles. The molecule has 0 aliphatic rings. The number of para-hydroxylation sites is 1. The molecule has 3 N–H and O–H groups in total. The molecule has 0 heterocycles. The second-order valence-corrected chi connectivity index (χ2v) is 7.73. The number of ether oxygens (including phenoxy) is 1. The molecule has 0 aliphatic carbocycles. The number of hydrogen-bond donors (Lipinski definition) is 3. The Hall–Kier alpha value is -4.93. The molecular formula is C26H28N6O5. The highest BCUT2D eigenvalue weighted by Gasteiger charge is 2.12. The molecule has 0 radical (unpaired) electrons. The molecule has 192 valence electrons. The predicted molar refractivity (Wildman–Crippen MR) is 143 cm³/mol. The molecule has 0 unspecified atom stereocenters. The van der Waals surface area contributed by atoms with Gasteiger partial charge in [0.15, 0.2) is 6.61 Å². The van der Waals surface area contributed by atoms with E-state index in [1.54, 1.807) is 42.5 Å². The smallest absolute Gasteiger partial charge is 0.339 e. The Morgan fingerprint density at radius 3 is 2.41 bits per heavy atom. The second-order valence-electron chi connectivity index (χ2n) is 7.73. The van der Waals surface area contributed by atoms with Gasteiger partial charge < -0.3 is 20.3 Å². The number of hydrazone groups is 1. The van der Waals surface area contributed by atoms with Gasteiger partial charge in [0.05, 0.1) is 11.1 Å². The summed E-state index contributed by atoms with van der Waals surface area (Å²) in [5, 5.41) is 20.2. The van der Waals surface area contributed by atoms with Crippen molar-refractivity contribution in [1.82, 2.24) is 5.43 Å². The van der Waals surface area contributed by atoms with Crippen LogP contribution in [0.15, 0.2) is 77.9 Å². The Morgan fingerprint density at radius 1 is 0.973 bits per heavy atom. The van der Waals surface area contributed by atoms with E-state index in [1.807, 2.05) is 26.0 Å². The van der Waals surface area contributed by atoms with E-state index in [0.717, 1.165) is 18.8 Å². The molecule has 11 nitrogen and oxygen atoms in total. The Bertz CT molecular complexity index is 1260. The minimum atomic E-state index is -0.537. The van der Waals surface area contributed by atoms with Gasteiger partial charge in [-0.05, 0) is 44.2 Å². The molecule has 0 spiro atoms. The van der Waals surface area contributed by atoms with Crippen LogP contribution >= 0.6 is 0 Å². The average Bonchev–Trinajstić information content (AvgIpc) is 2.89. The summed E-state index contributed by atoms with van der Waals surface area (Å²) in [6, 6.07) is 19.5. The number of carbonyl (C=O) groups is 2. The zero-order valence-electron chi connectivity index (χ0n) is 20.5. The minimum Gasteiger partial charge on any atom is -0.483 e. The standard InChI is InChI=1S/C26H28N6O5/c1-3-31(4-2)22-14-13-19(17-27-30-26(34)29-20-9-6-5-7-10-20)24(16-22)37-18-25(33)28-21-11-8-12-23(15-21)32(35)36/h5-17H,3-4,18H2,1-2H3,(H,28,33)(H2,29,30,34)/b27-17-. The number of anilines is 3. The van der Waals surface area contributed by atoms with E-state index in [-0.39, 0.29) is 18.0 Å². The Labute approximate surface area is 214 Å². The van der Waals surface area contributed by atoms with Crippen LogP contribution < -0.4 is 25.7 Å². The van der Waals surface area contributed by atoms with Crippen LogP contribution in [0.5, 0.6) is 5.75 Å². The second kappa shape index (κ2) is 13.2. The van der Waals surface area contributed by atoms with Crippen LogP contribution in [0.25, 0.3) is 0 Å². The number of benzene rings is 3. The number of nitrogens with zero attached hydrogens (tertiary/aromatic N) is 3. The van der Waals surface area contributed by atoms with Crippen molar-refractivity contribution in [3.8, 4) is 5.75 Å². The number of hydrogen-bond acceptors (Lipinski definition) is 7. The van der Waals surface area contributed by atoms with Crippen molar-refractivity contribution >= 4 is 40.9 Å². The maximum absolute atomic E-state index is 12.5. The number of non-ortho nitro benzene ring substituents is 1. The molecule has 3 amide bonds. The normalized spacial score (nSPS) is 10.5. The maximum Gasteiger partial charge on any atom is 0.339 e. The fraction of sp³-hybridized carbons (Fsp3) is 0.192. The molecule has 0 saturated heterocycles. The summed E-state index contributed by atoms with van der Waals surface area (Å²) in [5.74, 6) is -0.107. The Morgan fingerprint density at radius 2 is 1.70 bits per heavy atom. The molecule has 11 heteroatoms. The number of urea groups is 1. The van der Waals surface area contributed by atoms with E-state index in [0.29, 0.717) is 17.0 Å². The zero-order chi connectivity index (χ0) is 26.6. The van der Waals surface area contributed by atoms with Crippen molar-refractivity contribution in [1.29, 1.82) is 0 Å². The summed E-state index contributed by atoms with van der Waals surface area (Å²) >= 11 is 0. The number of nitro benzene ring substituents is 1. The molecular weight excluding hydrogens is 476 g/mol. The van der Waals surface area contributed by atoms with E-state index in [1.165, 1.54) is 24.4 Å². The third-order valence-corrected chi connectivity index (χ3v) is 5.23. The van der Waals surface area contributed by atoms with Gasteiger partial charge >= 0.3 is 6.03 Å². The van der Waals surface area contributed by atoms with Crippen LogP contribution in [0.2, 0.25) is 0 Å². The lowest BCUT2D eigenvalue weighted by atomic mass is 10.2. The summed E-state index contributed by atoms with van der Waals surface area (Å²) in [7, 11) is 0. The van der Waals surface area contributed by atoms with Crippen LogP contribution in [0.1, 0.15) is 19.4 Å². The van der Waals surface area contributed by atoms with Gasteiger partial charge in [-0.25, -0.2) is 10.2 Å². The van der Waals surface area contributed by atoms with Crippen molar-refractivity contribution in [3.63, 3.8) is 0 Å². The van der Waals surface area contributed by atoms with E-state index in [9.17, 15) is 19.7 Å². The molecule has 37 heavy (non-hydrogen) atoms. The quantitative estimate of drug-likeness (QED) is 0.198. The fourth-order valence-corrected chi connectivity index (χ4v) is 3.42. The lowest BCUT2D eigenvalue weighted by Crippen LogP contribution is -2.24. The number of rotatable bonds is 11. The van der Waals surface area contributed by atoms with Crippen molar-refractivity contribution in [2.24, 2.45) is 5.10 Å². The number of amides is 3. The summed E-state index contributed by atoms with van der Waals surface area (Å²) < 4.78 is 5.79. The van der Waals surface area contributed by atoms with Crippen molar-refractivity contribution < 1.29 is 19.2 Å². The zero-order valence-corrected chi connectivity index (χ0v) is 20.5. The van der Waals surface area contributed by atoms with Gasteiger partial charge in [0, 0.05) is 53.9 Å². The molecule has 0 saturated carbocycles. The van der Waals surface area contributed by atoms with Gasteiger partial charge in [-0.15, -0.1) is 0 Å². The van der Waals surface area contributed by atoms with Crippen LogP contribution in [-0.2, 0) is 4.79 Å². The number of carbonyl (C=O) groups excluding carboxylic acids is 2. The molecule has 0 bridgehead atoms. The highest BCUT2D eigenvalue weighted by molar-refractivity contribution is 5.93. The first-order valence-electron chi connectivity index (χ1n) is 11.6. The monoisotopic (exact) mass is 504 g/mol. The number of nitrogens with one attached hydrogen (secondary N) is 3. The lowest BCUT2D eigenvalue weighted by Gasteiger charge is -2.22. The van der Waals surface area contributed by atoms with Crippen LogP contribution in [-0.4, -0.2) is 42.8 Å². The predicted octanol–water partition coefficient (Wildman–Crippen LogP) is 4.61. The van der Waals surface area contributed by atoms with Gasteiger partial charge in [-0.2, -0.15) is 5.10 Å². The minimum absolute atomic E-state index is 0.132. The SMILES string of the molecule is CCN(CC)c1ccc(/C=N\NC(=O)Nc2ccccc2)c(OCC(=O)Nc2cccc([N+](=O)[O-])c2)c1. The first kappa shape index (κ1) is 26.7. The van der Waals surface area contributed by atoms with Gasteiger partial charge in [0.25, 0.3) is 11.6 Å². The van der Waals surface area contributed by atoms with Crippen LogP contribution in [0.3, 0.4) is 0 Å². The topological polar surface area (TPSA) is 138 Å². The highest BCUT2D eigenvalue weighted by atomic mass is 16.6. The van der Waals surface area contributed by atoms with Gasteiger partial charge in [0.2, 0.25) is 0 Å². The molecule has 0 fully saturated rings. The van der Waals surface area contributed by atoms with E-state index in [2.05, 4.69) is 26.1 Å². The van der Waals surface area contributed by atoms with Crippen molar-refractivity contribution in [3.05, 3.63) is 88.5 Å². The van der Waals surface area contributed by atoms with E-state index >= 15 is 0 Å². The van der Waals surface area contributed by atoms with Gasteiger partial charge in [-0.3, -0.25) is 14.9 Å². The van der Waals surface area contributed by atoms with Crippen LogP contribution in [0, 0.1) is 10.1 Å². The van der Waals surface area contributed by atoms with Crippen LogP contribution in [0.4, 0.5) is 27.5 Å². The Balaban J connectivity index is 1.70. The molecule has 0 atom stereocenters. The highest BCUT2D eigenvalue weighted by Crippen LogP contribution is 2.25. The lowest BCUT2D eigenvalue weighted by molar-refractivity contribution is -0.384. The summed E-state index contributed by atoms with van der Waals surface area (Å²) in [6.07, 6.45) is 1.42. The molecule has 3 aromatic carbocycles. The maximum atomic E-state index is 12.5. The van der Waals surface area contributed by atoms with E-state index < -0.39 is 16.9 Å². The first-order valence-corrected chi connectivity index (χ1v) is 11.6. The Kier molecular flexibility index (Phi) is 9.54. The van der Waals surface area contributed by atoms with Crippen molar-refractivity contribution in [2.45, 2.75) is 13.8 Å². The summed E-state index contributed by atoms with van der Waals surface area (Å²) in [4.78, 5) is 37.1. The average molecular weight is 505 g/mol. The summed E-state index contributed by atoms with van der Waals surface area (Å²) in [6.45, 7) is 5.27. The first-order chi connectivity index (χ1) is 17.9. The summed E-state index contributed by atoms with van der Waals surface area (Å²) in [5.41, 5.74) is 4.61. The van der Waals surface area contributed by atoms with Crippen molar-refractivity contribution in [2.75, 3.05) is 35.2 Å². The van der Waals surface area contributed by atoms with E-state index in [4.69, 9.17) is 4.74 Å². The molecule has 0 aliphatic heterocycles.